The number of ether oxygens (including phenoxy) is 1. The van der Waals surface area contributed by atoms with Gasteiger partial charge in [-0.1, -0.05) is 0 Å². The van der Waals surface area contributed by atoms with E-state index in [1.54, 1.807) is 6.92 Å². The molecule has 7 heteroatoms. The fourth-order valence-electron chi connectivity index (χ4n) is 1.86. The van der Waals surface area contributed by atoms with Crippen molar-refractivity contribution >= 4 is 17.3 Å². The van der Waals surface area contributed by atoms with E-state index in [-0.39, 0.29) is 17.6 Å². The molecule has 1 heterocycles. The van der Waals surface area contributed by atoms with E-state index in [0.29, 0.717) is 31.0 Å². The van der Waals surface area contributed by atoms with E-state index >= 15 is 0 Å². The van der Waals surface area contributed by atoms with Crippen molar-refractivity contribution in [2.75, 3.05) is 25.1 Å². The second-order valence-corrected chi connectivity index (χ2v) is 4.33. The summed E-state index contributed by atoms with van der Waals surface area (Å²) in [5.41, 5.74) is 1.23. The molecule has 1 saturated heterocycles. The minimum Gasteiger partial charge on any atom is -0.378 e. The summed E-state index contributed by atoms with van der Waals surface area (Å²) < 4.78 is 5.21. The van der Waals surface area contributed by atoms with Crippen molar-refractivity contribution in [2.45, 2.75) is 13.0 Å². The molecule has 19 heavy (non-hydrogen) atoms. The molecule has 1 amide bonds. The van der Waals surface area contributed by atoms with E-state index in [2.05, 4.69) is 10.6 Å². The molecule has 2 N–H and O–H groups in total. The number of nitro benzene ring substituents is 1. The fourth-order valence-corrected chi connectivity index (χ4v) is 1.86. The van der Waals surface area contributed by atoms with Gasteiger partial charge < -0.3 is 15.4 Å². The summed E-state index contributed by atoms with van der Waals surface area (Å²) in [4.78, 5) is 22.1. The average molecular weight is 265 g/mol. The van der Waals surface area contributed by atoms with Gasteiger partial charge in [-0.15, -0.1) is 0 Å². The Morgan fingerprint density at radius 2 is 2.37 bits per heavy atom. The van der Waals surface area contributed by atoms with Gasteiger partial charge in [0.2, 0.25) is 5.91 Å². The lowest BCUT2D eigenvalue weighted by Gasteiger charge is -2.23. The van der Waals surface area contributed by atoms with Gasteiger partial charge in [0.05, 0.1) is 18.1 Å². The van der Waals surface area contributed by atoms with E-state index in [1.807, 2.05) is 0 Å². The van der Waals surface area contributed by atoms with Crippen LogP contribution in [0.2, 0.25) is 0 Å². The van der Waals surface area contributed by atoms with Gasteiger partial charge in [-0.3, -0.25) is 14.9 Å². The van der Waals surface area contributed by atoms with Crippen molar-refractivity contribution < 1.29 is 14.5 Å². The Kier molecular flexibility index (Phi) is 4.08. The summed E-state index contributed by atoms with van der Waals surface area (Å²) in [6, 6.07) is 3.95. The average Bonchev–Trinajstić information content (AvgIpc) is 2.41. The van der Waals surface area contributed by atoms with Gasteiger partial charge >= 0.3 is 0 Å². The van der Waals surface area contributed by atoms with Crippen molar-refractivity contribution in [3.63, 3.8) is 0 Å². The third kappa shape index (κ3) is 3.27. The van der Waals surface area contributed by atoms with E-state index in [4.69, 9.17) is 4.74 Å². The first kappa shape index (κ1) is 13.4. The Bertz CT molecular complexity index is 498. The third-order valence-electron chi connectivity index (χ3n) is 2.92. The van der Waals surface area contributed by atoms with Gasteiger partial charge in [-0.05, 0) is 18.6 Å². The summed E-state index contributed by atoms with van der Waals surface area (Å²) in [5, 5.41) is 16.4. The molecule has 0 saturated carbocycles. The zero-order chi connectivity index (χ0) is 13.8. The maximum Gasteiger partial charge on any atom is 0.269 e. The molecular weight excluding hydrogens is 250 g/mol. The van der Waals surface area contributed by atoms with Crippen molar-refractivity contribution in [1.82, 2.24) is 5.32 Å². The van der Waals surface area contributed by atoms with Gasteiger partial charge in [0.1, 0.15) is 6.04 Å². The molecule has 1 atom stereocenters. The maximum absolute atomic E-state index is 12.0. The maximum atomic E-state index is 12.0. The number of aryl methyl sites for hydroxylation is 1. The number of rotatable bonds is 3. The fraction of sp³-hybridized carbons (Fsp3) is 0.417. The van der Waals surface area contributed by atoms with E-state index in [9.17, 15) is 14.9 Å². The molecular formula is C12H15N3O4. The Hall–Kier alpha value is -1.99. The van der Waals surface area contributed by atoms with Crippen LogP contribution in [0.1, 0.15) is 5.56 Å². The Morgan fingerprint density at radius 3 is 2.95 bits per heavy atom. The highest BCUT2D eigenvalue weighted by molar-refractivity contribution is 5.95. The van der Waals surface area contributed by atoms with Gasteiger partial charge in [-0.2, -0.15) is 0 Å². The molecule has 0 aromatic heterocycles. The molecule has 0 aliphatic carbocycles. The molecule has 2 rings (SSSR count). The number of amides is 1. The molecule has 1 aromatic carbocycles. The van der Waals surface area contributed by atoms with Crippen LogP contribution in [-0.4, -0.2) is 36.6 Å². The molecule has 0 radical (unpaired) electrons. The van der Waals surface area contributed by atoms with E-state index < -0.39 is 4.92 Å². The highest BCUT2D eigenvalue weighted by Gasteiger charge is 2.21. The first-order valence-electron chi connectivity index (χ1n) is 5.95. The quantitative estimate of drug-likeness (QED) is 0.623. The van der Waals surface area contributed by atoms with Crippen LogP contribution < -0.4 is 10.6 Å². The van der Waals surface area contributed by atoms with E-state index in [0.717, 1.165) is 0 Å². The molecule has 1 aliphatic rings. The normalized spacial score (nSPS) is 18.9. The molecule has 1 fully saturated rings. The number of nitro groups is 1. The van der Waals surface area contributed by atoms with Gasteiger partial charge in [0.25, 0.3) is 5.69 Å². The zero-order valence-electron chi connectivity index (χ0n) is 10.5. The molecule has 102 valence electrons. The predicted octanol–water partition coefficient (Wildman–Crippen LogP) is 0.830. The zero-order valence-corrected chi connectivity index (χ0v) is 10.5. The van der Waals surface area contributed by atoms with Gasteiger partial charge in [-0.25, -0.2) is 0 Å². The number of benzene rings is 1. The van der Waals surface area contributed by atoms with E-state index in [1.165, 1.54) is 18.2 Å². The first-order chi connectivity index (χ1) is 9.08. The highest BCUT2D eigenvalue weighted by Crippen LogP contribution is 2.21. The minimum absolute atomic E-state index is 0.00891. The Balaban J connectivity index is 2.06. The summed E-state index contributed by atoms with van der Waals surface area (Å²) in [6.07, 6.45) is 0. The van der Waals surface area contributed by atoms with Crippen LogP contribution in [0.5, 0.6) is 0 Å². The summed E-state index contributed by atoms with van der Waals surface area (Å²) in [6.45, 7) is 3.28. The van der Waals surface area contributed by atoms with Crippen molar-refractivity contribution in [3.8, 4) is 0 Å². The number of hydrogen-bond donors (Lipinski definition) is 2. The number of morpholine rings is 1. The lowest BCUT2D eigenvalue weighted by molar-refractivity contribution is -0.384. The van der Waals surface area contributed by atoms with Gasteiger partial charge in [0.15, 0.2) is 0 Å². The molecule has 1 aliphatic heterocycles. The van der Waals surface area contributed by atoms with Crippen LogP contribution in [0, 0.1) is 17.0 Å². The number of non-ortho nitro benzene ring substituents is 1. The lowest BCUT2D eigenvalue weighted by Crippen LogP contribution is -2.48. The number of nitrogens with one attached hydrogen (secondary N) is 2. The van der Waals surface area contributed by atoms with Crippen LogP contribution in [0.15, 0.2) is 18.2 Å². The number of nitrogens with zero attached hydrogens (tertiary/aromatic N) is 1. The molecule has 1 unspecified atom stereocenters. The van der Waals surface area contributed by atoms with Crippen LogP contribution in [0.25, 0.3) is 0 Å². The van der Waals surface area contributed by atoms with Crippen LogP contribution >= 0.6 is 0 Å². The molecule has 7 nitrogen and oxygen atoms in total. The number of anilines is 1. The lowest BCUT2D eigenvalue weighted by atomic mass is 10.1. The van der Waals surface area contributed by atoms with Crippen LogP contribution in [0.4, 0.5) is 11.4 Å². The SMILES string of the molecule is Cc1cc([N+](=O)[O-])ccc1NC(=O)C1COCCN1. The minimum atomic E-state index is -0.463. The molecule has 0 spiro atoms. The van der Waals surface area contributed by atoms with Crippen molar-refractivity contribution in [3.05, 3.63) is 33.9 Å². The summed E-state index contributed by atoms with van der Waals surface area (Å²) in [5.74, 6) is -0.198. The first-order valence-corrected chi connectivity index (χ1v) is 5.95. The van der Waals surface area contributed by atoms with Crippen molar-refractivity contribution in [1.29, 1.82) is 0 Å². The number of hydrogen-bond acceptors (Lipinski definition) is 5. The Morgan fingerprint density at radius 1 is 1.58 bits per heavy atom. The number of carbonyl (C=O) groups is 1. The highest BCUT2D eigenvalue weighted by atomic mass is 16.6. The largest absolute Gasteiger partial charge is 0.378 e. The summed E-state index contributed by atoms with van der Waals surface area (Å²) in [7, 11) is 0. The summed E-state index contributed by atoms with van der Waals surface area (Å²) >= 11 is 0. The predicted molar refractivity (Wildman–Crippen MR) is 69.1 cm³/mol. The molecule has 0 bridgehead atoms. The second kappa shape index (κ2) is 5.77. The van der Waals surface area contributed by atoms with Crippen LogP contribution in [0.3, 0.4) is 0 Å². The topological polar surface area (TPSA) is 93.5 Å². The number of carbonyl (C=O) groups excluding carboxylic acids is 1. The van der Waals surface area contributed by atoms with Crippen molar-refractivity contribution in [2.24, 2.45) is 0 Å². The standard InChI is InChI=1S/C12H15N3O4/c1-8-6-9(15(17)18)2-3-10(8)14-12(16)11-7-19-5-4-13-11/h2-3,6,11,13H,4-5,7H2,1H3,(H,14,16). The smallest absolute Gasteiger partial charge is 0.269 e. The third-order valence-corrected chi connectivity index (χ3v) is 2.92. The second-order valence-electron chi connectivity index (χ2n) is 4.33. The molecule has 1 aromatic rings. The van der Waals surface area contributed by atoms with Gasteiger partial charge in [0, 0.05) is 24.4 Å². The monoisotopic (exact) mass is 265 g/mol. The van der Waals surface area contributed by atoms with Crippen LogP contribution in [-0.2, 0) is 9.53 Å². The Labute approximate surface area is 110 Å².